The van der Waals surface area contributed by atoms with Crippen molar-refractivity contribution in [3.05, 3.63) is 47.4 Å². The second-order valence-corrected chi connectivity index (χ2v) is 12.9. The average Bonchev–Trinajstić information content (AvgIpc) is 3.67. The van der Waals surface area contributed by atoms with Gasteiger partial charge in [0.25, 0.3) is 0 Å². The van der Waals surface area contributed by atoms with Gasteiger partial charge in [-0.15, -0.1) is 0 Å². The number of nitrogens with one attached hydrogen (secondary N) is 1. The van der Waals surface area contributed by atoms with Crippen LogP contribution < -0.4 is 15.8 Å². The smallest absolute Gasteiger partial charge is 0.340 e. The normalized spacial score (nSPS) is 19.5. The van der Waals surface area contributed by atoms with E-state index in [-0.39, 0.29) is 29.8 Å². The largest absolute Gasteiger partial charge is 0.477 e. The first-order chi connectivity index (χ1) is 17.9. The van der Waals surface area contributed by atoms with Gasteiger partial charge in [-0.05, 0) is 68.7 Å². The van der Waals surface area contributed by atoms with Crippen LogP contribution in [-0.4, -0.2) is 54.1 Å². The van der Waals surface area contributed by atoms with E-state index in [0.717, 1.165) is 29.5 Å². The number of cyclic esters (lactones) is 1. The Labute approximate surface area is 222 Å². The molecule has 3 aromatic heterocycles. The Morgan fingerprint density at radius 2 is 1.97 bits per heavy atom. The molecule has 1 fully saturated rings. The molecule has 3 aromatic rings. The molecule has 0 radical (unpaired) electrons. The molecule has 3 N–H and O–H groups in total. The number of anilines is 2. The quantitative estimate of drug-likeness (QED) is 0.304. The van der Waals surface area contributed by atoms with Crippen molar-refractivity contribution in [2.75, 3.05) is 23.9 Å². The molecule has 2 aliphatic rings. The van der Waals surface area contributed by atoms with E-state index in [2.05, 4.69) is 15.3 Å². The predicted molar refractivity (Wildman–Crippen MR) is 145 cm³/mol. The van der Waals surface area contributed by atoms with Gasteiger partial charge in [0.2, 0.25) is 5.88 Å². The molecule has 5 rings (SSSR count). The van der Waals surface area contributed by atoms with Crippen molar-refractivity contribution >= 4 is 38.2 Å². The number of nitrogens with two attached hydrogens (primary N) is 1. The molecule has 2 atom stereocenters. The molecule has 202 valence electrons. The van der Waals surface area contributed by atoms with Gasteiger partial charge in [0.05, 0.1) is 34.4 Å². The summed E-state index contributed by atoms with van der Waals surface area (Å²) in [4.78, 5) is 26.3. The number of carbonyl (C=O) groups excluding carboxylic acids is 1. The number of aromatic nitrogens is 3. The fourth-order valence-corrected chi connectivity index (χ4v) is 5.58. The molecule has 0 unspecified atom stereocenters. The molecule has 0 saturated heterocycles. The van der Waals surface area contributed by atoms with Crippen LogP contribution in [0, 0.1) is 0 Å². The molecule has 1 aliphatic carbocycles. The fraction of sp³-hybridized carbons (Fsp3) is 0.481. The Morgan fingerprint density at radius 3 is 2.66 bits per heavy atom. The molecular formula is C27H33N5O5S. The summed E-state index contributed by atoms with van der Waals surface area (Å²) in [5.41, 5.74) is 7.92. The fourth-order valence-electron chi connectivity index (χ4n) is 4.94. The standard InChI is InChI=1S/C27H33N5O5S/c1-5-26(3,28)20-15-30-24(36-11-6-12-38(4,34)35)19-14-29-22(13-18(19)20)31-21-8-7-17-23(32-21)27(9-10-27)16(2)37-25(17)33/h7-8,13-16H,5-6,9-12,28H2,1-4H3,(H,29,31,32)/t16-,26-/m1/s1. The minimum Gasteiger partial charge on any atom is -0.477 e. The Kier molecular flexibility index (Phi) is 6.55. The highest BCUT2D eigenvalue weighted by Gasteiger charge is 2.56. The van der Waals surface area contributed by atoms with E-state index >= 15 is 0 Å². The third-order valence-electron chi connectivity index (χ3n) is 7.68. The van der Waals surface area contributed by atoms with Gasteiger partial charge in [0.1, 0.15) is 27.6 Å². The second kappa shape index (κ2) is 9.46. The van der Waals surface area contributed by atoms with E-state index in [0.29, 0.717) is 41.3 Å². The van der Waals surface area contributed by atoms with Gasteiger partial charge in [-0.2, -0.15) is 0 Å². The molecule has 1 aliphatic heterocycles. The molecule has 4 heterocycles. The van der Waals surface area contributed by atoms with Gasteiger partial charge >= 0.3 is 5.97 Å². The van der Waals surface area contributed by atoms with Crippen molar-refractivity contribution in [2.45, 2.75) is 63.5 Å². The molecule has 38 heavy (non-hydrogen) atoms. The van der Waals surface area contributed by atoms with Crippen molar-refractivity contribution in [3.8, 4) is 5.88 Å². The van der Waals surface area contributed by atoms with Crippen LogP contribution in [0.2, 0.25) is 0 Å². The summed E-state index contributed by atoms with van der Waals surface area (Å²) in [6.45, 7) is 6.10. The molecule has 0 bridgehead atoms. The molecule has 10 nitrogen and oxygen atoms in total. The summed E-state index contributed by atoms with van der Waals surface area (Å²) in [5, 5.41) is 4.80. The zero-order chi connectivity index (χ0) is 27.3. The summed E-state index contributed by atoms with van der Waals surface area (Å²) in [7, 11) is -3.07. The number of rotatable bonds is 9. The van der Waals surface area contributed by atoms with Crippen molar-refractivity contribution in [2.24, 2.45) is 5.73 Å². The Morgan fingerprint density at radius 1 is 1.21 bits per heavy atom. The number of sulfone groups is 1. The zero-order valence-electron chi connectivity index (χ0n) is 22.1. The lowest BCUT2D eigenvalue weighted by molar-refractivity contribution is 0.0183. The highest BCUT2D eigenvalue weighted by Crippen LogP contribution is 2.54. The molecule has 11 heteroatoms. The number of hydrogen-bond donors (Lipinski definition) is 2. The first-order valence-electron chi connectivity index (χ1n) is 12.8. The van der Waals surface area contributed by atoms with E-state index in [1.54, 1.807) is 24.5 Å². The minimum absolute atomic E-state index is 0.0393. The number of nitrogens with zero attached hydrogens (tertiary/aromatic N) is 3. The maximum Gasteiger partial charge on any atom is 0.340 e. The van der Waals surface area contributed by atoms with Crippen LogP contribution in [0.25, 0.3) is 10.8 Å². The summed E-state index contributed by atoms with van der Waals surface area (Å²) >= 11 is 0. The molecule has 0 aromatic carbocycles. The number of pyridine rings is 3. The van der Waals surface area contributed by atoms with Crippen LogP contribution in [0.3, 0.4) is 0 Å². The lowest BCUT2D eigenvalue weighted by Crippen LogP contribution is -2.36. The Hall–Kier alpha value is -3.31. The number of carbonyl (C=O) groups is 1. The van der Waals surface area contributed by atoms with E-state index in [9.17, 15) is 13.2 Å². The van der Waals surface area contributed by atoms with E-state index < -0.39 is 15.4 Å². The lowest BCUT2D eigenvalue weighted by atomic mass is 9.88. The zero-order valence-corrected chi connectivity index (χ0v) is 22.9. The van der Waals surface area contributed by atoms with E-state index in [1.165, 1.54) is 6.26 Å². The predicted octanol–water partition coefficient (Wildman–Crippen LogP) is 3.76. The first-order valence-corrected chi connectivity index (χ1v) is 14.9. The third kappa shape index (κ3) is 4.92. The van der Waals surface area contributed by atoms with E-state index in [1.807, 2.05) is 26.8 Å². The monoisotopic (exact) mass is 539 g/mol. The van der Waals surface area contributed by atoms with Gasteiger partial charge in [-0.3, -0.25) is 0 Å². The second-order valence-electron chi connectivity index (χ2n) is 10.6. The SMILES string of the molecule is CC[C@@](C)(N)c1cnc(OCCCS(C)(=O)=O)c2cnc(Nc3ccc4c(n3)C3(CC3)[C@@H](C)OC4=O)cc12. The van der Waals surface area contributed by atoms with E-state index in [4.69, 9.17) is 20.2 Å². The minimum atomic E-state index is -3.07. The van der Waals surface area contributed by atoms with Crippen LogP contribution in [0.4, 0.5) is 11.6 Å². The average molecular weight is 540 g/mol. The van der Waals surface area contributed by atoms with Crippen LogP contribution >= 0.6 is 0 Å². The molecule has 0 amide bonds. The summed E-state index contributed by atoms with van der Waals surface area (Å²) in [6.07, 6.45) is 7.31. The van der Waals surface area contributed by atoms with Crippen LogP contribution in [-0.2, 0) is 25.5 Å². The van der Waals surface area contributed by atoms with Gasteiger partial charge in [-0.1, -0.05) is 6.92 Å². The number of esters is 1. The van der Waals surface area contributed by atoms with Crippen LogP contribution in [0.1, 0.15) is 68.1 Å². The highest BCUT2D eigenvalue weighted by atomic mass is 32.2. The highest BCUT2D eigenvalue weighted by molar-refractivity contribution is 7.90. The van der Waals surface area contributed by atoms with Crippen molar-refractivity contribution in [1.29, 1.82) is 0 Å². The number of fused-ring (bicyclic) bond motifs is 3. The maximum absolute atomic E-state index is 12.4. The third-order valence-corrected chi connectivity index (χ3v) is 8.71. The number of hydrogen-bond acceptors (Lipinski definition) is 10. The Bertz CT molecular complexity index is 1520. The lowest BCUT2D eigenvalue weighted by Gasteiger charge is -2.30. The Balaban J connectivity index is 1.48. The first kappa shape index (κ1) is 26.3. The summed E-state index contributed by atoms with van der Waals surface area (Å²) in [6, 6.07) is 5.40. The molecule has 1 saturated carbocycles. The molecular weight excluding hydrogens is 506 g/mol. The molecule has 1 spiro atoms. The van der Waals surface area contributed by atoms with Gasteiger partial charge in [0.15, 0.2) is 0 Å². The van der Waals surface area contributed by atoms with Gasteiger partial charge in [0, 0.05) is 24.2 Å². The maximum atomic E-state index is 12.4. The van der Waals surface area contributed by atoms with Crippen molar-refractivity contribution in [3.63, 3.8) is 0 Å². The van der Waals surface area contributed by atoms with Gasteiger partial charge < -0.3 is 20.5 Å². The number of ether oxygens (including phenoxy) is 2. The van der Waals surface area contributed by atoms with Gasteiger partial charge in [-0.25, -0.2) is 28.2 Å². The van der Waals surface area contributed by atoms with Crippen molar-refractivity contribution < 1.29 is 22.7 Å². The summed E-state index contributed by atoms with van der Waals surface area (Å²) < 4.78 is 34.3. The van der Waals surface area contributed by atoms with Crippen LogP contribution in [0.15, 0.2) is 30.6 Å². The summed E-state index contributed by atoms with van der Waals surface area (Å²) in [5.74, 6) is 1.22. The topological polar surface area (TPSA) is 146 Å². The van der Waals surface area contributed by atoms with Crippen molar-refractivity contribution in [1.82, 2.24) is 15.0 Å². The van der Waals surface area contributed by atoms with Crippen LogP contribution in [0.5, 0.6) is 5.88 Å².